The molecule has 2 aromatic rings. The van der Waals surface area contributed by atoms with Gasteiger partial charge in [0.2, 0.25) is 0 Å². The van der Waals surface area contributed by atoms with Gasteiger partial charge in [0.1, 0.15) is 5.75 Å². The largest absolute Gasteiger partial charge is 0.467 e. The third-order valence-corrected chi connectivity index (χ3v) is 4.17. The average Bonchev–Trinajstić information content (AvgIpc) is 2.83. The van der Waals surface area contributed by atoms with E-state index in [1.54, 1.807) is 11.3 Å². The highest BCUT2D eigenvalue weighted by atomic mass is 32.1. The first kappa shape index (κ1) is 14.3. The summed E-state index contributed by atoms with van der Waals surface area (Å²) >= 11 is 1.68. The SMILES string of the molecule is Cc1nc(CN(C)Cc2cc(N)cc3c2OCOC3)cs1. The Bertz CT molecular complexity index is 642. The molecule has 0 atom stereocenters. The van der Waals surface area contributed by atoms with Crippen LogP contribution in [0.25, 0.3) is 0 Å². The van der Waals surface area contributed by atoms with Crippen LogP contribution in [0, 0.1) is 6.92 Å². The van der Waals surface area contributed by atoms with Crippen molar-refractivity contribution in [3.63, 3.8) is 0 Å². The molecule has 0 fully saturated rings. The standard InChI is InChI=1S/C15H19N3O2S/c1-10-17-14(8-21-10)6-18(2)5-11-3-13(16)4-12-7-19-9-20-15(11)12/h3-4,8H,5-7,9,16H2,1-2H3. The van der Waals surface area contributed by atoms with E-state index in [0.717, 1.165) is 46.4 Å². The lowest BCUT2D eigenvalue weighted by molar-refractivity contribution is -0.0173. The summed E-state index contributed by atoms with van der Waals surface area (Å²) in [5.41, 5.74) is 9.94. The zero-order valence-corrected chi connectivity index (χ0v) is 13.1. The number of aryl methyl sites for hydroxylation is 1. The molecule has 1 aromatic carbocycles. The molecule has 0 radical (unpaired) electrons. The second kappa shape index (κ2) is 6.01. The van der Waals surface area contributed by atoms with Crippen molar-refractivity contribution in [2.45, 2.75) is 26.6 Å². The van der Waals surface area contributed by atoms with Crippen LogP contribution in [0.2, 0.25) is 0 Å². The number of anilines is 1. The van der Waals surface area contributed by atoms with E-state index in [0.29, 0.717) is 13.4 Å². The molecule has 1 aliphatic rings. The second-order valence-corrected chi connectivity index (χ2v) is 6.37. The summed E-state index contributed by atoms with van der Waals surface area (Å²) in [4.78, 5) is 6.71. The minimum atomic E-state index is 0.304. The molecule has 1 aliphatic heterocycles. The van der Waals surface area contributed by atoms with Crippen LogP contribution >= 0.6 is 11.3 Å². The van der Waals surface area contributed by atoms with Crippen molar-refractivity contribution in [1.82, 2.24) is 9.88 Å². The maximum atomic E-state index is 5.97. The lowest BCUT2D eigenvalue weighted by atomic mass is 10.1. The van der Waals surface area contributed by atoms with E-state index >= 15 is 0 Å². The normalized spacial score (nSPS) is 14.0. The number of benzene rings is 1. The van der Waals surface area contributed by atoms with Gasteiger partial charge in [-0.1, -0.05) is 0 Å². The van der Waals surface area contributed by atoms with Crippen molar-refractivity contribution in [3.8, 4) is 5.75 Å². The molecule has 1 aromatic heterocycles. The summed E-state index contributed by atoms with van der Waals surface area (Å²) in [5, 5.41) is 3.20. The first-order valence-corrected chi connectivity index (χ1v) is 7.71. The zero-order valence-electron chi connectivity index (χ0n) is 12.3. The Kier molecular flexibility index (Phi) is 4.10. The number of thiazole rings is 1. The maximum absolute atomic E-state index is 5.97. The number of fused-ring (bicyclic) bond motifs is 1. The number of hydrogen-bond donors (Lipinski definition) is 1. The first-order valence-electron chi connectivity index (χ1n) is 6.83. The molecule has 0 spiro atoms. The van der Waals surface area contributed by atoms with E-state index in [1.807, 2.05) is 19.1 Å². The van der Waals surface area contributed by atoms with Crippen LogP contribution in [0.1, 0.15) is 21.8 Å². The number of aromatic nitrogens is 1. The van der Waals surface area contributed by atoms with Gasteiger partial charge in [-0.25, -0.2) is 4.98 Å². The summed E-state index contributed by atoms with van der Waals surface area (Å²) in [6.45, 7) is 4.46. The van der Waals surface area contributed by atoms with Crippen molar-refractivity contribution in [2.75, 3.05) is 19.6 Å². The summed E-state index contributed by atoms with van der Waals surface area (Å²) in [7, 11) is 2.07. The molecular formula is C15H19N3O2S. The predicted octanol–water partition coefficient (Wildman–Crippen LogP) is 2.53. The highest BCUT2D eigenvalue weighted by Crippen LogP contribution is 2.31. The van der Waals surface area contributed by atoms with E-state index < -0.39 is 0 Å². The van der Waals surface area contributed by atoms with Crippen molar-refractivity contribution < 1.29 is 9.47 Å². The molecule has 0 saturated heterocycles. The Labute approximate surface area is 128 Å². The molecule has 21 heavy (non-hydrogen) atoms. The lowest BCUT2D eigenvalue weighted by Crippen LogP contribution is -2.20. The highest BCUT2D eigenvalue weighted by Gasteiger charge is 2.17. The van der Waals surface area contributed by atoms with E-state index in [1.165, 1.54) is 0 Å². The molecule has 0 saturated carbocycles. The minimum absolute atomic E-state index is 0.304. The van der Waals surface area contributed by atoms with Gasteiger partial charge in [0.05, 0.1) is 17.3 Å². The minimum Gasteiger partial charge on any atom is -0.467 e. The van der Waals surface area contributed by atoms with Crippen LogP contribution in [0.4, 0.5) is 5.69 Å². The Balaban J connectivity index is 1.76. The number of nitrogens with zero attached hydrogens (tertiary/aromatic N) is 2. The van der Waals surface area contributed by atoms with Gasteiger partial charge in [-0.3, -0.25) is 4.90 Å². The van der Waals surface area contributed by atoms with Gasteiger partial charge in [-0.05, 0) is 26.1 Å². The maximum Gasteiger partial charge on any atom is 0.189 e. The molecule has 0 amide bonds. The number of ether oxygens (including phenoxy) is 2. The number of hydrogen-bond acceptors (Lipinski definition) is 6. The van der Waals surface area contributed by atoms with Crippen molar-refractivity contribution in [3.05, 3.63) is 39.3 Å². The van der Waals surface area contributed by atoms with Gasteiger partial charge in [0, 0.05) is 35.3 Å². The van der Waals surface area contributed by atoms with Crippen molar-refractivity contribution in [1.29, 1.82) is 0 Å². The van der Waals surface area contributed by atoms with Crippen LogP contribution in [0.5, 0.6) is 5.75 Å². The zero-order chi connectivity index (χ0) is 14.8. The van der Waals surface area contributed by atoms with E-state index in [9.17, 15) is 0 Å². The third kappa shape index (κ3) is 3.34. The van der Waals surface area contributed by atoms with Gasteiger partial charge in [-0.15, -0.1) is 11.3 Å². The van der Waals surface area contributed by atoms with Crippen molar-refractivity contribution >= 4 is 17.0 Å². The molecule has 6 heteroatoms. The molecule has 0 unspecified atom stereocenters. The smallest absolute Gasteiger partial charge is 0.189 e. The van der Waals surface area contributed by atoms with Gasteiger partial charge < -0.3 is 15.2 Å². The Morgan fingerprint density at radius 1 is 1.38 bits per heavy atom. The van der Waals surface area contributed by atoms with E-state index in [-0.39, 0.29) is 0 Å². The van der Waals surface area contributed by atoms with E-state index in [2.05, 4.69) is 22.3 Å². The van der Waals surface area contributed by atoms with E-state index in [4.69, 9.17) is 15.2 Å². The monoisotopic (exact) mass is 305 g/mol. The fourth-order valence-electron chi connectivity index (χ4n) is 2.55. The fourth-order valence-corrected chi connectivity index (χ4v) is 3.15. The summed E-state index contributed by atoms with van der Waals surface area (Å²) in [6, 6.07) is 3.90. The molecule has 0 aliphatic carbocycles. The van der Waals surface area contributed by atoms with Gasteiger partial charge in [0.15, 0.2) is 6.79 Å². The molecule has 3 rings (SSSR count). The molecule has 0 bridgehead atoms. The van der Waals surface area contributed by atoms with Crippen LogP contribution in [-0.2, 0) is 24.4 Å². The fraction of sp³-hybridized carbons (Fsp3) is 0.400. The summed E-state index contributed by atoms with van der Waals surface area (Å²) < 4.78 is 11.0. The van der Waals surface area contributed by atoms with Crippen LogP contribution < -0.4 is 10.5 Å². The van der Waals surface area contributed by atoms with Crippen LogP contribution in [0.15, 0.2) is 17.5 Å². The van der Waals surface area contributed by atoms with Gasteiger partial charge >= 0.3 is 0 Å². The van der Waals surface area contributed by atoms with Crippen molar-refractivity contribution in [2.24, 2.45) is 0 Å². The molecule has 2 heterocycles. The number of rotatable bonds is 4. The van der Waals surface area contributed by atoms with Gasteiger partial charge in [0.25, 0.3) is 0 Å². The second-order valence-electron chi connectivity index (χ2n) is 5.31. The predicted molar refractivity (Wildman–Crippen MR) is 83.2 cm³/mol. The Morgan fingerprint density at radius 2 is 2.24 bits per heavy atom. The molecular weight excluding hydrogens is 286 g/mol. The lowest BCUT2D eigenvalue weighted by Gasteiger charge is -2.24. The molecule has 5 nitrogen and oxygen atoms in total. The quantitative estimate of drug-likeness (QED) is 0.880. The Hall–Kier alpha value is -1.63. The number of nitrogen functional groups attached to an aromatic ring is 1. The first-order chi connectivity index (χ1) is 10.1. The van der Waals surface area contributed by atoms with Gasteiger partial charge in [-0.2, -0.15) is 0 Å². The average molecular weight is 305 g/mol. The third-order valence-electron chi connectivity index (χ3n) is 3.35. The topological polar surface area (TPSA) is 60.6 Å². The highest BCUT2D eigenvalue weighted by molar-refractivity contribution is 7.09. The Morgan fingerprint density at radius 3 is 3.00 bits per heavy atom. The van der Waals surface area contributed by atoms with Crippen LogP contribution in [0.3, 0.4) is 0 Å². The molecule has 2 N–H and O–H groups in total. The number of nitrogens with two attached hydrogens (primary N) is 1. The molecule has 112 valence electrons. The van der Waals surface area contributed by atoms with Crippen LogP contribution in [-0.4, -0.2) is 23.7 Å². The summed E-state index contributed by atoms with van der Waals surface area (Å²) in [6.07, 6.45) is 0. The summed E-state index contributed by atoms with van der Waals surface area (Å²) in [5.74, 6) is 0.914.